The lowest BCUT2D eigenvalue weighted by molar-refractivity contribution is 0.0888. The van der Waals surface area contributed by atoms with Gasteiger partial charge in [-0.3, -0.25) is 4.79 Å². The Labute approximate surface area is 163 Å². The van der Waals surface area contributed by atoms with Gasteiger partial charge >= 0.3 is 0 Å². The van der Waals surface area contributed by atoms with Crippen LogP contribution < -0.4 is 10.1 Å². The van der Waals surface area contributed by atoms with Gasteiger partial charge in [-0.25, -0.2) is 0 Å². The van der Waals surface area contributed by atoms with Crippen molar-refractivity contribution in [1.29, 1.82) is 5.26 Å². The van der Waals surface area contributed by atoms with Crippen LogP contribution in [0.15, 0.2) is 30.3 Å². The summed E-state index contributed by atoms with van der Waals surface area (Å²) in [6.07, 6.45) is 4.21. The minimum absolute atomic E-state index is 0.0748. The Morgan fingerprint density at radius 2 is 2.04 bits per heavy atom. The number of aromatic nitrogens is 2. The van der Waals surface area contributed by atoms with Crippen molar-refractivity contribution in [2.45, 2.75) is 51.2 Å². The van der Waals surface area contributed by atoms with E-state index < -0.39 is 0 Å². The first-order chi connectivity index (χ1) is 13.1. The van der Waals surface area contributed by atoms with E-state index in [9.17, 15) is 4.79 Å². The average molecular weight is 385 g/mol. The minimum atomic E-state index is -0.187. The second kappa shape index (κ2) is 8.83. The fourth-order valence-corrected chi connectivity index (χ4v) is 3.32. The highest BCUT2D eigenvalue weighted by Crippen LogP contribution is 2.27. The van der Waals surface area contributed by atoms with Crippen molar-refractivity contribution in [2.24, 2.45) is 0 Å². The molecule has 1 aliphatic carbocycles. The van der Waals surface area contributed by atoms with Crippen LogP contribution in [0, 0.1) is 11.3 Å². The summed E-state index contributed by atoms with van der Waals surface area (Å²) in [4.78, 5) is 12.3. The summed E-state index contributed by atoms with van der Waals surface area (Å²) in [6, 6.07) is 10.8. The lowest BCUT2D eigenvalue weighted by Crippen LogP contribution is -2.40. The van der Waals surface area contributed by atoms with Crippen molar-refractivity contribution in [3.63, 3.8) is 0 Å². The number of halogens is 1. The number of nitrogens with zero attached hydrogens (tertiary/aromatic N) is 3. The van der Waals surface area contributed by atoms with Gasteiger partial charge in [0.2, 0.25) is 0 Å². The molecular weight excluding hydrogens is 364 g/mol. The number of rotatable bonds is 5. The highest BCUT2D eigenvalue weighted by molar-refractivity contribution is 6.31. The number of hydrogen-bond donors (Lipinski definition) is 1. The van der Waals surface area contributed by atoms with E-state index in [-0.39, 0.29) is 18.1 Å². The molecule has 0 saturated heterocycles. The average Bonchev–Trinajstić information content (AvgIpc) is 2.69. The van der Waals surface area contributed by atoms with Crippen molar-refractivity contribution >= 4 is 17.5 Å². The molecule has 6 nitrogen and oxygen atoms in total. The summed E-state index contributed by atoms with van der Waals surface area (Å²) >= 11 is 6.04. The molecule has 1 aromatic carbocycles. The van der Waals surface area contributed by atoms with E-state index in [0.29, 0.717) is 22.0 Å². The highest BCUT2D eigenvalue weighted by atomic mass is 35.5. The van der Waals surface area contributed by atoms with E-state index in [2.05, 4.69) is 15.5 Å². The predicted octanol–water partition coefficient (Wildman–Crippen LogP) is 3.68. The third-order valence-corrected chi connectivity index (χ3v) is 5.00. The third kappa shape index (κ3) is 4.95. The Bertz CT molecular complexity index is 840. The number of hydrogen-bond acceptors (Lipinski definition) is 5. The van der Waals surface area contributed by atoms with Gasteiger partial charge in [-0.2, -0.15) is 10.4 Å². The molecule has 1 N–H and O–H groups in total. The Balaban J connectivity index is 1.49. The molecule has 7 heteroatoms. The molecule has 3 rings (SSSR count). The van der Waals surface area contributed by atoms with Crippen molar-refractivity contribution in [2.75, 3.05) is 0 Å². The molecular formula is C20H21ClN4O2. The van der Waals surface area contributed by atoms with E-state index in [1.807, 2.05) is 19.1 Å². The standard InChI is InChI=1S/C20H21ClN4O2/c1-2-14-6-10-19(25-24-14)20(26)23-15-4-8-16(9-5-15)27-17-7-3-13(12-22)18(21)11-17/h3,6-7,10-11,15-16H,2,4-5,8-9H2,1H3,(H,23,26). The number of amides is 1. The van der Waals surface area contributed by atoms with Crippen molar-refractivity contribution in [3.8, 4) is 11.8 Å². The van der Waals surface area contributed by atoms with E-state index in [0.717, 1.165) is 37.8 Å². The molecule has 2 aromatic rings. The summed E-state index contributed by atoms with van der Waals surface area (Å²) in [6.45, 7) is 2.00. The SMILES string of the molecule is CCc1ccc(C(=O)NC2CCC(Oc3ccc(C#N)c(Cl)c3)CC2)nn1. The van der Waals surface area contributed by atoms with Gasteiger partial charge in [0.25, 0.3) is 5.91 Å². The molecule has 0 bridgehead atoms. The summed E-state index contributed by atoms with van der Waals surface area (Å²) in [5.74, 6) is 0.478. The van der Waals surface area contributed by atoms with E-state index in [1.54, 1.807) is 24.3 Å². The zero-order valence-electron chi connectivity index (χ0n) is 15.1. The first kappa shape index (κ1) is 19.1. The Kier molecular flexibility index (Phi) is 6.25. The van der Waals surface area contributed by atoms with Crippen molar-refractivity contribution in [1.82, 2.24) is 15.5 Å². The normalized spacial score (nSPS) is 19.1. The van der Waals surface area contributed by atoms with Gasteiger partial charge in [0, 0.05) is 12.1 Å². The van der Waals surface area contributed by atoms with Crippen LogP contribution in [0.4, 0.5) is 0 Å². The van der Waals surface area contributed by atoms with Gasteiger partial charge in [-0.05, 0) is 56.4 Å². The molecule has 0 spiro atoms. The molecule has 0 atom stereocenters. The number of nitriles is 1. The number of benzene rings is 1. The topological polar surface area (TPSA) is 87.9 Å². The monoisotopic (exact) mass is 384 g/mol. The van der Waals surface area contributed by atoms with E-state index in [4.69, 9.17) is 21.6 Å². The smallest absolute Gasteiger partial charge is 0.272 e. The van der Waals surface area contributed by atoms with Gasteiger partial charge in [-0.15, -0.1) is 5.10 Å². The summed E-state index contributed by atoms with van der Waals surface area (Å²) in [5, 5.41) is 20.4. The third-order valence-electron chi connectivity index (χ3n) is 4.69. The Hall–Kier alpha value is -2.65. The molecule has 1 amide bonds. The maximum Gasteiger partial charge on any atom is 0.272 e. The molecule has 0 radical (unpaired) electrons. The van der Waals surface area contributed by atoms with E-state index >= 15 is 0 Å². The van der Waals surface area contributed by atoms with Gasteiger partial charge in [0.05, 0.1) is 22.4 Å². The summed E-state index contributed by atoms with van der Waals surface area (Å²) < 4.78 is 5.97. The van der Waals surface area contributed by atoms with Gasteiger partial charge in [-0.1, -0.05) is 18.5 Å². The Morgan fingerprint density at radius 1 is 1.26 bits per heavy atom. The van der Waals surface area contributed by atoms with Crippen molar-refractivity contribution in [3.05, 3.63) is 52.3 Å². The van der Waals surface area contributed by atoms with Crippen LogP contribution in [-0.4, -0.2) is 28.3 Å². The van der Waals surface area contributed by atoms with Gasteiger partial charge in [0.1, 0.15) is 11.8 Å². The van der Waals surface area contributed by atoms with Crippen molar-refractivity contribution < 1.29 is 9.53 Å². The van der Waals surface area contributed by atoms with Crippen LogP contribution in [0.5, 0.6) is 5.75 Å². The lowest BCUT2D eigenvalue weighted by atomic mass is 9.93. The van der Waals surface area contributed by atoms with Crippen LogP contribution >= 0.6 is 11.6 Å². The van der Waals surface area contributed by atoms with Gasteiger partial charge in [0.15, 0.2) is 5.69 Å². The fraction of sp³-hybridized carbons (Fsp3) is 0.400. The zero-order valence-corrected chi connectivity index (χ0v) is 15.9. The summed E-state index contributed by atoms with van der Waals surface area (Å²) in [7, 11) is 0. The first-order valence-corrected chi connectivity index (χ1v) is 9.46. The molecule has 27 heavy (non-hydrogen) atoms. The minimum Gasteiger partial charge on any atom is -0.490 e. The lowest BCUT2D eigenvalue weighted by Gasteiger charge is -2.29. The molecule has 1 fully saturated rings. The van der Waals surface area contributed by atoms with Crippen LogP contribution in [0.2, 0.25) is 5.02 Å². The second-order valence-electron chi connectivity index (χ2n) is 6.58. The molecule has 0 aliphatic heterocycles. The number of aryl methyl sites for hydroxylation is 1. The van der Waals surface area contributed by atoms with Crippen LogP contribution in [-0.2, 0) is 6.42 Å². The zero-order chi connectivity index (χ0) is 19.2. The van der Waals surface area contributed by atoms with Crippen LogP contribution in [0.3, 0.4) is 0 Å². The number of carbonyl (C=O) groups excluding carboxylic acids is 1. The number of ether oxygens (including phenoxy) is 1. The van der Waals surface area contributed by atoms with Crippen LogP contribution in [0.1, 0.15) is 54.4 Å². The van der Waals surface area contributed by atoms with Crippen LogP contribution in [0.25, 0.3) is 0 Å². The predicted molar refractivity (Wildman–Crippen MR) is 102 cm³/mol. The number of carbonyl (C=O) groups is 1. The largest absolute Gasteiger partial charge is 0.490 e. The molecule has 140 valence electrons. The molecule has 1 heterocycles. The molecule has 1 aliphatic rings. The Morgan fingerprint density at radius 3 is 2.63 bits per heavy atom. The van der Waals surface area contributed by atoms with E-state index in [1.165, 1.54) is 0 Å². The molecule has 1 aromatic heterocycles. The first-order valence-electron chi connectivity index (χ1n) is 9.08. The fourth-order valence-electron chi connectivity index (χ4n) is 3.11. The maximum absolute atomic E-state index is 12.3. The van der Waals surface area contributed by atoms with Gasteiger partial charge < -0.3 is 10.1 Å². The second-order valence-corrected chi connectivity index (χ2v) is 6.99. The summed E-state index contributed by atoms with van der Waals surface area (Å²) in [5.41, 5.74) is 1.65. The molecule has 0 unspecified atom stereocenters. The maximum atomic E-state index is 12.3. The highest BCUT2D eigenvalue weighted by Gasteiger charge is 2.24. The quantitative estimate of drug-likeness (QED) is 0.849. The number of nitrogens with one attached hydrogen (secondary N) is 1. The molecule has 1 saturated carbocycles.